The van der Waals surface area contributed by atoms with Crippen LogP contribution >= 0.6 is 0 Å². The van der Waals surface area contributed by atoms with E-state index in [1.165, 1.54) is 0 Å². The fourth-order valence-corrected chi connectivity index (χ4v) is 1.36. The van der Waals surface area contributed by atoms with E-state index in [2.05, 4.69) is 0 Å². The number of rotatable bonds is 3. The van der Waals surface area contributed by atoms with E-state index >= 15 is 0 Å². The summed E-state index contributed by atoms with van der Waals surface area (Å²) in [4.78, 5) is 0. The lowest BCUT2D eigenvalue weighted by Gasteiger charge is -2.18. The lowest BCUT2D eigenvalue weighted by atomic mass is 10.6. The highest BCUT2D eigenvalue weighted by molar-refractivity contribution is 7.90. The number of halogens is 3. The monoisotopic (exact) mass is 225 g/mol. The van der Waals surface area contributed by atoms with Crippen LogP contribution in [0.5, 0.6) is 0 Å². The van der Waals surface area contributed by atoms with Gasteiger partial charge >= 0.3 is 15.5 Å². The van der Waals surface area contributed by atoms with Gasteiger partial charge in [-0.15, -0.1) is 12.8 Å². The molecule has 0 atom stereocenters. The van der Waals surface area contributed by atoms with Gasteiger partial charge in [-0.3, -0.25) is 0 Å². The molecule has 0 rings (SSSR count). The highest BCUT2D eigenvalue weighted by Gasteiger charge is 2.49. The van der Waals surface area contributed by atoms with Gasteiger partial charge < -0.3 is 0 Å². The molecule has 14 heavy (non-hydrogen) atoms. The fourth-order valence-electron chi connectivity index (χ4n) is 0.576. The Kier molecular flexibility index (Phi) is 3.99. The minimum absolute atomic E-state index is 0.00694. The van der Waals surface area contributed by atoms with Crippen molar-refractivity contribution >= 4 is 10.0 Å². The summed E-state index contributed by atoms with van der Waals surface area (Å²) >= 11 is 0. The van der Waals surface area contributed by atoms with E-state index in [0.717, 1.165) is 0 Å². The van der Waals surface area contributed by atoms with Gasteiger partial charge in [-0.1, -0.05) is 11.8 Å². The Morgan fingerprint density at radius 3 is 1.71 bits per heavy atom. The molecule has 0 aromatic carbocycles. The maximum Gasteiger partial charge on any atom is 0.511 e. The molecule has 0 bridgehead atoms. The zero-order valence-corrected chi connectivity index (χ0v) is 7.69. The summed E-state index contributed by atoms with van der Waals surface area (Å²) in [6.07, 6.45) is 9.42. The smallest absolute Gasteiger partial charge is 0.203 e. The van der Waals surface area contributed by atoms with E-state index < -0.39 is 28.6 Å². The summed E-state index contributed by atoms with van der Waals surface area (Å²) in [6, 6.07) is 0. The lowest BCUT2D eigenvalue weighted by molar-refractivity contribution is -0.0482. The lowest BCUT2D eigenvalue weighted by Crippen LogP contribution is -2.41. The van der Waals surface area contributed by atoms with Gasteiger partial charge in [-0.25, -0.2) is 8.42 Å². The average Bonchev–Trinajstić information content (AvgIpc) is 2.02. The van der Waals surface area contributed by atoms with Crippen LogP contribution in [0, 0.1) is 24.7 Å². The summed E-state index contributed by atoms with van der Waals surface area (Å²) in [5.74, 6) is 3.56. The predicted molar refractivity (Wildman–Crippen MR) is 44.2 cm³/mol. The third-order valence-electron chi connectivity index (χ3n) is 1.17. The van der Waals surface area contributed by atoms with Crippen molar-refractivity contribution in [2.24, 2.45) is 0 Å². The normalized spacial score (nSPS) is 12.1. The largest absolute Gasteiger partial charge is 0.511 e. The number of hydrogen-bond donors (Lipinski definition) is 0. The van der Waals surface area contributed by atoms with Gasteiger partial charge in [0.2, 0.25) is 0 Å². The van der Waals surface area contributed by atoms with Crippen LogP contribution in [-0.4, -0.2) is 31.3 Å². The van der Waals surface area contributed by atoms with Crippen LogP contribution in [0.2, 0.25) is 0 Å². The topological polar surface area (TPSA) is 37.4 Å². The van der Waals surface area contributed by atoms with Gasteiger partial charge in [0.1, 0.15) is 0 Å². The number of alkyl halides is 3. The molecular weight excluding hydrogens is 219 g/mol. The maximum absolute atomic E-state index is 12.0. The molecule has 0 unspecified atom stereocenters. The van der Waals surface area contributed by atoms with Crippen molar-refractivity contribution in [2.45, 2.75) is 5.51 Å². The van der Waals surface area contributed by atoms with E-state index in [9.17, 15) is 21.6 Å². The van der Waals surface area contributed by atoms with Crippen molar-refractivity contribution in [2.75, 3.05) is 13.1 Å². The second-order valence-electron chi connectivity index (χ2n) is 2.13. The molecular formula is C7H6F3NO2S. The molecule has 78 valence electrons. The first-order chi connectivity index (χ1) is 6.27. The third kappa shape index (κ3) is 2.66. The molecule has 0 aliphatic heterocycles. The van der Waals surface area contributed by atoms with E-state index in [-0.39, 0.29) is 4.31 Å². The quantitative estimate of drug-likeness (QED) is 0.652. The molecule has 0 saturated heterocycles. The first kappa shape index (κ1) is 12.8. The van der Waals surface area contributed by atoms with Gasteiger partial charge in [-0.2, -0.15) is 17.5 Å². The van der Waals surface area contributed by atoms with Crippen LogP contribution in [-0.2, 0) is 10.0 Å². The van der Waals surface area contributed by atoms with Gasteiger partial charge in [0.25, 0.3) is 0 Å². The van der Waals surface area contributed by atoms with Crippen molar-refractivity contribution in [3.8, 4) is 24.7 Å². The Morgan fingerprint density at radius 1 is 1.14 bits per heavy atom. The average molecular weight is 225 g/mol. The zero-order chi connectivity index (χ0) is 11.4. The highest BCUT2D eigenvalue weighted by Crippen LogP contribution is 2.26. The van der Waals surface area contributed by atoms with E-state index in [1.54, 1.807) is 11.8 Å². The van der Waals surface area contributed by atoms with Crippen LogP contribution in [0.3, 0.4) is 0 Å². The summed E-state index contributed by atoms with van der Waals surface area (Å²) in [5.41, 5.74) is -5.37. The number of terminal acetylenes is 2. The predicted octanol–water partition coefficient (Wildman–Crippen LogP) is 0.404. The number of sulfonamides is 1. The van der Waals surface area contributed by atoms with Crippen molar-refractivity contribution in [1.29, 1.82) is 0 Å². The SMILES string of the molecule is C#CCN(CC#C)S(=O)(=O)C(F)(F)F. The third-order valence-corrected chi connectivity index (χ3v) is 2.69. The van der Waals surface area contributed by atoms with Crippen molar-refractivity contribution in [3.63, 3.8) is 0 Å². The van der Waals surface area contributed by atoms with E-state index in [1.807, 2.05) is 0 Å². The fraction of sp³-hybridized carbons (Fsp3) is 0.429. The molecule has 0 saturated carbocycles. The Labute approximate surface area is 79.9 Å². The van der Waals surface area contributed by atoms with E-state index in [0.29, 0.717) is 0 Å². The summed E-state index contributed by atoms with van der Waals surface area (Å²) in [6.45, 7) is -1.40. The first-order valence-electron chi connectivity index (χ1n) is 3.20. The molecule has 3 nitrogen and oxygen atoms in total. The van der Waals surface area contributed by atoms with E-state index in [4.69, 9.17) is 12.8 Å². The van der Waals surface area contributed by atoms with Crippen LogP contribution in [0.25, 0.3) is 0 Å². The second kappa shape index (κ2) is 4.36. The Balaban J connectivity index is 5.06. The van der Waals surface area contributed by atoms with Crippen LogP contribution < -0.4 is 0 Å². The first-order valence-corrected chi connectivity index (χ1v) is 4.64. The molecule has 7 heteroatoms. The molecule has 0 spiro atoms. The Morgan fingerprint density at radius 2 is 1.50 bits per heavy atom. The van der Waals surface area contributed by atoms with Crippen LogP contribution in [0.15, 0.2) is 0 Å². The molecule has 0 amide bonds. The standard InChI is InChI=1S/C7H6F3NO2S/c1-3-5-11(6-4-2)14(12,13)7(8,9)10/h1-2H,5-6H2. The van der Waals surface area contributed by atoms with Crippen LogP contribution in [0.4, 0.5) is 13.2 Å². The number of hydrogen-bond acceptors (Lipinski definition) is 2. The highest BCUT2D eigenvalue weighted by atomic mass is 32.2. The summed E-state index contributed by atoms with van der Waals surface area (Å²) in [5, 5.41) is 0. The molecule has 0 heterocycles. The molecule has 0 aliphatic carbocycles. The molecule has 0 radical (unpaired) electrons. The Bertz CT molecular complexity index is 355. The van der Waals surface area contributed by atoms with Crippen LogP contribution in [0.1, 0.15) is 0 Å². The molecule has 0 aliphatic rings. The van der Waals surface area contributed by atoms with Crippen molar-refractivity contribution in [3.05, 3.63) is 0 Å². The second-order valence-corrected chi connectivity index (χ2v) is 4.06. The van der Waals surface area contributed by atoms with Gasteiger partial charge in [0.05, 0.1) is 13.1 Å². The van der Waals surface area contributed by atoms with Crippen molar-refractivity contribution in [1.82, 2.24) is 4.31 Å². The van der Waals surface area contributed by atoms with Gasteiger partial charge in [-0.05, 0) is 0 Å². The molecule has 0 aromatic heterocycles. The maximum atomic E-state index is 12.0. The van der Waals surface area contributed by atoms with Gasteiger partial charge in [0.15, 0.2) is 0 Å². The van der Waals surface area contributed by atoms with Gasteiger partial charge in [0, 0.05) is 0 Å². The summed E-state index contributed by atoms with van der Waals surface area (Å²) < 4.78 is 57.4. The minimum Gasteiger partial charge on any atom is -0.203 e. The number of nitrogens with zero attached hydrogens (tertiary/aromatic N) is 1. The molecule has 0 fully saturated rings. The zero-order valence-electron chi connectivity index (χ0n) is 6.87. The summed E-state index contributed by atoms with van der Waals surface area (Å²) in [7, 11) is -5.41. The Hall–Kier alpha value is -1.18. The molecule has 0 N–H and O–H groups in total. The minimum atomic E-state index is -5.41. The molecule has 0 aromatic rings. The van der Waals surface area contributed by atoms with Crippen molar-refractivity contribution < 1.29 is 21.6 Å².